The summed E-state index contributed by atoms with van der Waals surface area (Å²) in [5.74, 6) is -4.16. The molecule has 7 nitrogen and oxygen atoms in total. The largest absolute Gasteiger partial charge is 1.00 e. The number of hydrogen-bond acceptors (Lipinski definition) is 7. The summed E-state index contributed by atoms with van der Waals surface area (Å²) in [7, 11) is 0. The van der Waals surface area contributed by atoms with E-state index in [0.717, 1.165) is 0 Å². The Bertz CT molecular complexity index is 179. The van der Waals surface area contributed by atoms with Gasteiger partial charge in [0.2, 0.25) is 0 Å². The molecule has 0 rings (SSSR count). The molecule has 0 saturated carbocycles. The van der Waals surface area contributed by atoms with Crippen LogP contribution in [0.25, 0.3) is 0 Å². The van der Waals surface area contributed by atoms with Crippen LogP contribution in [0.5, 0.6) is 0 Å². The summed E-state index contributed by atoms with van der Waals surface area (Å²) in [6, 6.07) is 0. The Labute approximate surface area is 113 Å². The third-order valence-corrected chi connectivity index (χ3v) is 1.13. The molecule has 3 atom stereocenters. The van der Waals surface area contributed by atoms with Crippen LogP contribution < -0.4 is 58.6 Å². The van der Waals surface area contributed by atoms with Crippen LogP contribution in [-0.2, 0) is 9.59 Å². The SMILES string of the molecule is O=C([O-])[C@@H](O)C(O)[C@@H](O)C(=O)[O-].[Li+].[Na+]. The number of carbonyl (C=O) groups is 2. The van der Waals surface area contributed by atoms with E-state index in [1.165, 1.54) is 0 Å². The van der Waals surface area contributed by atoms with E-state index in [1.54, 1.807) is 0 Å². The quantitative estimate of drug-likeness (QED) is 0.389. The summed E-state index contributed by atoms with van der Waals surface area (Å²) < 4.78 is 0. The molecule has 0 saturated heterocycles. The van der Waals surface area contributed by atoms with Gasteiger partial charge in [0, 0.05) is 0 Å². The van der Waals surface area contributed by atoms with E-state index < -0.39 is 30.3 Å². The van der Waals surface area contributed by atoms with Gasteiger partial charge in [-0.15, -0.1) is 0 Å². The first-order chi connectivity index (χ1) is 5.37. The van der Waals surface area contributed by atoms with Crippen LogP contribution >= 0.6 is 0 Å². The van der Waals surface area contributed by atoms with Crippen molar-refractivity contribution in [3.05, 3.63) is 0 Å². The Hall–Kier alpha value is 0.417. The Morgan fingerprint density at radius 3 is 1.29 bits per heavy atom. The van der Waals surface area contributed by atoms with Crippen LogP contribution in [0, 0.1) is 0 Å². The van der Waals surface area contributed by atoms with E-state index in [9.17, 15) is 19.8 Å². The van der Waals surface area contributed by atoms with Crippen LogP contribution in [-0.4, -0.2) is 45.6 Å². The summed E-state index contributed by atoms with van der Waals surface area (Å²) in [4.78, 5) is 19.6. The van der Waals surface area contributed by atoms with E-state index in [1.807, 2.05) is 0 Å². The van der Waals surface area contributed by atoms with Crippen LogP contribution in [0.2, 0.25) is 0 Å². The molecule has 0 aliphatic heterocycles. The Balaban J connectivity index is -0.000000605. The predicted octanol–water partition coefficient (Wildman–Crippen LogP) is -11.4. The minimum Gasteiger partial charge on any atom is -0.547 e. The van der Waals surface area contributed by atoms with Crippen molar-refractivity contribution in [2.24, 2.45) is 0 Å². The van der Waals surface area contributed by atoms with Gasteiger partial charge in [-0.3, -0.25) is 0 Å². The number of aliphatic hydroxyl groups excluding tert-OH is 3. The maximum absolute atomic E-state index is 9.82. The van der Waals surface area contributed by atoms with E-state index >= 15 is 0 Å². The molecule has 3 N–H and O–H groups in total. The van der Waals surface area contributed by atoms with Crippen molar-refractivity contribution in [1.29, 1.82) is 0 Å². The fraction of sp³-hybridized carbons (Fsp3) is 0.600. The molecule has 0 aromatic heterocycles. The van der Waals surface area contributed by atoms with Crippen LogP contribution in [0.1, 0.15) is 0 Å². The molecule has 0 radical (unpaired) electrons. The van der Waals surface area contributed by atoms with Gasteiger partial charge in [-0.05, 0) is 0 Å². The standard InChI is InChI=1S/C5H8O7.Li.Na/c6-1(2(7)4(9)10)3(8)5(11)12;;/h1-3,6-8H,(H,9,10)(H,11,12);;/q;2*+1/p-2/t1?,2-,3+;;. The van der Waals surface area contributed by atoms with Gasteiger partial charge in [0.05, 0.1) is 11.9 Å². The summed E-state index contributed by atoms with van der Waals surface area (Å²) in [5, 5.41) is 45.1. The van der Waals surface area contributed by atoms with Gasteiger partial charge in [-0.25, -0.2) is 0 Å². The molecule has 0 aromatic carbocycles. The fourth-order valence-corrected chi connectivity index (χ4v) is 0.452. The summed E-state index contributed by atoms with van der Waals surface area (Å²) in [5.41, 5.74) is 0. The third-order valence-electron chi connectivity index (χ3n) is 1.13. The first-order valence-electron chi connectivity index (χ1n) is 2.84. The third kappa shape index (κ3) is 6.01. The van der Waals surface area contributed by atoms with Crippen molar-refractivity contribution in [3.8, 4) is 0 Å². The molecule has 0 amide bonds. The zero-order chi connectivity index (χ0) is 9.89. The van der Waals surface area contributed by atoms with Gasteiger partial charge < -0.3 is 35.1 Å². The first-order valence-corrected chi connectivity index (χ1v) is 2.84. The van der Waals surface area contributed by atoms with Crippen LogP contribution in [0.15, 0.2) is 0 Å². The molecule has 0 spiro atoms. The monoisotopic (exact) mass is 208 g/mol. The van der Waals surface area contributed by atoms with Gasteiger partial charge in [0.25, 0.3) is 0 Å². The van der Waals surface area contributed by atoms with Crippen molar-refractivity contribution < 1.29 is 83.5 Å². The number of carboxylic acid groups (broad SMARTS) is 2. The molecule has 0 fully saturated rings. The molecule has 0 aliphatic rings. The molecule has 0 aromatic rings. The molecule has 9 heteroatoms. The van der Waals surface area contributed by atoms with Gasteiger partial charge in [-0.2, -0.15) is 0 Å². The fourth-order valence-electron chi connectivity index (χ4n) is 0.452. The van der Waals surface area contributed by atoms with E-state index in [4.69, 9.17) is 15.3 Å². The van der Waals surface area contributed by atoms with Gasteiger partial charge in [-0.1, -0.05) is 0 Å². The van der Waals surface area contributed by atoms with Crippen molar-refractivity contribution in [1.82, 2.24) is 0 Å². The second-order valence-corrected chi connectivity index (χ2v) is 2.02. The van der Waals surface area contributed by atoms with E-state index in [0.29, 0.717) is 0 Å². The number of rotatable bonds is 4. The summed E-state index contributed by atoms with van der Waals surface area (Å²) >= 11 is 0. The van der Waals surface area contributed by atoms with Crippen molar-refractivity contribution >= 4 is 11.9 Å². The topological polar surface area (TPSA) is 141 Å². The molecule has 70 valence electrons. The minimum atomic E-state index is -2.46. The molecule has 0 aliphatic carbocycles. The van der Waals surface area contributed by atoms with Crippen molar-refractivity contribution in [2.45, 2.75) is 18.3 Å². The van der Waals surface area contributed by atoms with Gasteiger partial charge in [0.1, 0.15) is 18.3 Å². The van der Waals surface area contributed by atoms with E-state index in [-0.39, 0.29) is 48.4 Å². The molecule has 0 bridgehead atoms. The number of carboxylic acids is 2. The summed E-state index contributed by atoms with van der Waals surface area (Å²) in [6.07, 6.45) is -7.28. The predicted molar refractivity (Wildman–Crippen MR) is 28.0 cm³/mol. The molecule has 1 unspecified atom stereocenters. The average molecular weight is 208 g/mol. The number of hydrogen-bond donors (Lipinski definition) is 3. The minimum absolute atomic E-state index is 0. The molecular weight excluding hydrogens is 202 g/mol. The second kappa shape index (κ2) is 8.70. The Morgan fingerprint density at radius 1 is 0.929 bits per heavy atom. The van der Waals surface area contributed by atoms with Crippen molar-refractivity contribution in [2.75, 3.05) is 0 Å². The van der Waals surface area contributed by atoms with Crippen LogP contribution in [0.3, 0.4) is 0 Å². The van der Waals surface area contributed by atoms with Crippen LogP contribution in [0.4, 0.5) is 0 Å². The molecule has 0 heterocycles. The maximum Gasteiger partial charge on any atom is 1.00 e. The van der Waals surface area contributed by atoms with Gasteiger partial charge >= 0.3 is 48.4 Å². The number of aliphatic hydroxyl groups is 3. The van der Waals surface area contributed by atoms with Gasteiger partial charge in [0.15, 0.2) is 0 Å². The average Bonchev–Trinajstić information content (AvgIpc) is 2.00. The number of aliphatic carboxylic acids is 2. The Kier molecular flexibility index (Phi) is 12.4. The second-order valence-electron chi connectivity index (χ2n) is 2.02. The van der Waals surface area contributed by atoms with Crippen molar-refractivity contribution in [3.63, 3.8) is 0 Å². The number of carbonyl (C=O) groups excluding carboxylic acids is 2. The summed E-state index contributed by atoms with van der Waals surface area (Å²) in [6.45, 7) is 0. The Morgan fingerprint density at radius 2 is 1.14 bits per heavy atom. The smallest absolute Gasteiger partial charge is 0.547 e. The zero-order valence-corrected chi connectivity index (χ0v) is 9.71. The molecule has 14 heavy (non-hydrogen) atoms. The van der Waals surface area contributed by atoms with E-state index in [2.05, 4.69) is 0 Å². The molecular formula is C5H6LiNaO7. The maximum atomic E-state index is 9.82. The zero-order valence-electron chi connectivity index (χ0n) is 7.71. The normalized spacial score (nSPS) is 15.4. The first kappa shape index (κ1) is 19.9.